The smallest absolute Gasteiger partial charge is 0.0666 e. The normalized spacial score (nSPS) is 27.1. The summed E-state index contributed by atoms with van der Waals surface area (Å²) in [5, 5.41) is 8.76. The molecule has 1 heterocycles. The van der Waals surface area contributed by atoms with Crippen LogP contribution >= 0.6 is 0 Å². The lowest BCUT2D eigenvalue weighted by Gasteiger charge is -2.39. The predicted octanol–water partition coefficient (Wildman–Crippen LogP) is -0.279. The van der Waals surface area contributed by atoms with Crippen LogP contribution in [-0.4, -0.2) is 55.6 Å². The van der Waals surface area contributed by atoms with E-state index in [1.807, 2.05) is 6.92 Å². The molecule has 1 aliphatic heterocycles. The molecule has 2 N–H and O–H groups in total. The summed E-state index contributed by atoms with van der Waals surface area (Å²) in [4.78, 5) is 4.64. The molecule has 1 fully saturated rings. The second kappa shape index (κ2) is 5.30. The lowest BCUT2D eigenvalue weighted by atomic mass is 10.1. The van der Waals surface area contributed by atoms with E-state index in [2.05, 4.69) is 22.9 Å². The first-order valence-electron chi connectivity index (χ1n) is 5.19. The number of nitriles is 1. The third-order valence-corrected chi connectivity index (χ3v) is 2.81. The third kappa shape index (κ3) is 2.95. The van der Waals surface area contributed by atoms with Crippen LogP contribution in [0.25, 0.3) is 0 Å². The number of rotatable bonds is 3. The lowest BCUT2D eigenvalue weighted by Crippen LogP contribution is -2.55. The first kappa shape index (κ1) is 11.4. The van der Waals surface area contributed by atoms with Crippen LogP contribution in [0, 0.1) is 17.2 Å². The molecule has 0 spiro atoms. The van der Waals surface area contributed by atoms with E-state index in [0.29, 0.717) is 12.6 Å². The molecule has 1 rings (SSSR count). The fourth-order valence-electron chi connectivity index (χ4n) is 1.90. The summed E-state index contributed by atoms with van der Waals surface area (Å²) in [5.41, 5.74) is 5.72. The maximum absolute atomic E-state index is 8.76. The Kier molecular flexibility index (Phi) is 4.33. The molecule has 80 valence electrons. The van der Waals surface area contributed by atoms with E-state index in [4.69, 9.17) is 11.0 Å². The van der Waals surface area contributed by atoms with Crippen molar-refractivity contribution in [1.29, 1.82) is 5.26 Å². The average Bonchev–Trinajstić information content (AvgIpc) is 2.20. The van der Waals surface area contributed by atoms with Gasteiger partial charge in [0.25, 0.3) is 0 Å². The van der Waals surface area contributed by atoms with Gasteiger partial charge in [0.15, 0.2) is 0 Å². The highest BCUT2D eigenvalue weighted by atomic mass is 15.3. The molecule has 0 aromatic rings. The van der Waals surface area contributed by atoms with E-state index >= 15 is 0 Å². The summed E-state index contributed by atoms with van der Waals surface area (Å²) < 4.78 is 0. The van der Waals surface area contributed by atoms with E-state index in [1.165, 1.54) is 0 Å². The van der Waals surface area contributed by atoms with E-state index in [-0.39, 0.29) is 5.92 Å². The molecule has 2 atom stereocenters. The lowest BCUT2D eigenvalue weighted by molar-refractivity contribution is 0.0878. The van der Waals surface area contributed by atoms with Gasteiger partial charge in [-0.2, -0.15) is 5.26 Å². The number of hydrogen-bond acceptors (Lipinski definition) is 4. The number of piperazine rings is 1. The Morgan fingerprint density at radius 1 is 1.57 bits per heavy atom. The minimum atomic E-state index is 0.104. The van der Waals surface area contributed by atoms with Crippen molar-refractivity contribution >= 4 is 0 Å². The van der Waals surface area contributed by atoms with Gasteiger partial charge in [-0.15, -0.1) is 0 Å². The summed E-state index contributed by atoms with van der Waals surface area (Å²) in [6.45, 7) is 6.63. The van der Waals surface area contributed by atoms with Gasteiger partial charge < -0.3 is 10.6 Å². The summed E-state index contributed by atoms with van der Waals surface area (Å²) in [5.74, 6) is 0.104. The maximum Gasteiger partial charge on any atom is 0.0666 e. The van der Waals surface area contributed by atoms with Crippen LogP contribution in [0.5, 0.6) is 0 Å². The number of likely N-dealkylation sites (N-methyl/N-ethyl adjacent to an activating group) is 1. The average molecular weight is 196 g/mol. The molecule has 2 unspecified atom stereocenters. The van der Waals surface area contributed by atoms with E-state index in [1.54, 1.807) is 0 Å². The zero-order chi connectivity index (χ0) is 10.6. The quantitative estimate of drug-likeness (QED) is 0.674. The molecule has 0 saturated carbocycles. The topological polar surface area (TPSA) is 56.3 Å². The molecule has 1 aliphatic rings. The van der Waals surface area contributed by atoms with Gasteiger partial charge in [-0.05, 0) is 14.0 Å². The highest BCUT2D eigenvalue weighted by Crippen LogP contribution is 2.09. The second-order valence-electron chi connectivity index (χ2n) is 4.18. The van der Waals surface area contributed by atoms with Crippen LogP contribution in [0.3, 0.4) is 0 Å². The minimum Gasteiger partial charge on any atom is -0.329 e. The molecule has 0 aliphatic carbocycles. The molecule has 4 nitrogen and oxygen atoms in total. The molecule has 0 bridgehead atoms. The van der Waals surface area contributed by atoms with Crippen LogP contribution in [0.1, 0.15) is 6.92 Å². The number of nitrogens with two attached hydrogens (primary N) is 1. The Balaban J connectivity index is 2.46. The SMILES string of the molecule is CC(C#N)CN1CCN(C)CC1CN. The highest BCUT2D eigenvalue weighted by Gasteiger charge is 2.24. The van der Waals surface area contributed by atoms with Crippen LogP contribution in [0.2, 0.25) is 0 Å². The van der Waals surface area contributed by atoms with Gasteiger partial charge in [0.2, 0.25) is 0 Å². The molecular weight excluding hydrogens is 176 g/mol. The zero-order valence-electron chi connectivity index (χ0n) is 9.11. The Bertz CT molecular complexity index is 211. The summed E-state index contributed by atoms with van der Waals surface area (Å²) in [6.07, 6.45) is 0. The summed E-state index contributed by atoms with van der Waals surface area (Å²) in [6, 6.07) is 2.69. The van der Waals surface area contributed by atoms with Crippen molar-refractivity contribution in [2.24, 2.45) is 11.7 Å². The molecule has 0 radical (unpaired) electrons. The van der Waals surface area contributed by atoms with Gasteiger partial charge in [-0.25, -0.2) is 0 Å². The van der Waals surface area contributed by atoms with Gasteiger partial charge in [0.05, 0.1) is 12.0 Å². The fourth-order valence-corrected chi connectivity index (χ4v) is 1.90. The fraction of sp³-hybridized carbons (Fsp3) is 0.900. The molecule has 1 saturated heterocycles. The summed E-state index contributed by atoms with van der Waals surface area (Å²) >= 11 is 0. The van der Waals surface area contributed by atoms with Crippen LogP contribution < -0.4 is 5.73 Å². The Morgan fingerprint density at radius 3 is 2.86 bits per heavy atom. The number of nitrogens with zero attached hydrogens (tertiary/aromatic N) is 3. The largest absolute Gasteiger partial charge is 0.329 e. The second-order valence-corrected chi connectivity index (χ2v) is 4.18. The van der Waals surface area contributed by atoms with Gasteiger partial charge >= 0.3 is 0 Å². The molecule has 14 heavy (non-hydrogen) atoms. The van der Waals surface area contributed by atoms with E-state index in [9.17, 15) is 0 Å². The van der Waals surface area contributed by atoms with Gasteiger partial charge in [-0.1, -0.05) is 0 Å². The minimum absolute atomic E-state index is 0.104. The van der Waals surface area contributed by atoms with Crippen molar-refractivity contribution in [2.75, 3.05) is 39.8 Å². The molecule has 0 aromatic heterocycles. The molecule has 0 aromatic carbocycles. The first-order valence-corrected chi connectivity index (χ1v) is 5.19. The third-order valence-electron chi connectivity index (χ3n) is 2.81. The maximum atomic E-state index is 8.76. The Hall–Kier alpha value is -0.630. The van der Waals surface area contributed by atoms with Crippen molar-refractivity contribution in [3.05, 3.63) is 0 Å². The van der Waals surface area contributed by atoms with Crippen LogP contribution in [0.4, 0.5) is 0 Å². The van der Waals surface area contributed by atoms with Crippen LogP contribution in [-0.2, 0) is 0 Å². The molecular formula is C10H20N4. The van der Waals surface area contributed by atoms with Gasteiger partial charge in [0.1, 0.15) is 0 Å². The monoisotopic (exact) mass is 196 g/mol. The zero-order valence-corrected chi connectivity index (χ0v) is 9.11. The van der Waals surface area contributed by atoms with E-state index < -0.39 is 0 Å². The van der Waals surface area contributed by atoms with Crippen molar-refractivity contribution < 1.29 is 0 Å². The van der Waals surface area contributed by atoms with Crippen molar-refractivity contribution in [3.8, 4) is 6.07 Å². The molecule has 4 heteroatoms. The predicted molar refractivity (Wildman–Crippen MR) is 56.7 cm³/mol. The summed E-state index contributed by atoms with van der Waals surface area (Å²) in [7, 11) is 2.12. The van der Waals surface area contributed by atoms with Crippen LogP contribution in [0.15, 0.2) is 0 Å². The standard InChI is InChI=1S/C10H20N4/c1-9(5-11)7-14-4-3-13(2)8-10(14)6-12/h9-10H,3-4,6-8,12H2,1-2H3. The highest BCUT2D eigenvalue weighted by molar-refractivity contribution is 4.87. The Morgan fingerprint density at radius 2 is 2.29 bits per heavy atom. The van der Waals surface area contributed by atoms with Crippen molar-refractivity contribution in [3.63, 3.8) is 0 Å². The van der Waals surface area contributed by atoms with Crippen molar-refractivity contribution in [1.82, 2.24) is 9.80 Å². The number of hydrogen-bond donors (Lipinski definition) is 1. The van der Waals surface area contributed by atoms with Gasteiger partial charge in [0, 0.05) is 38.8 Å². The van der Waals surface area contributed by atoms with E-state index in [0.717, 1.165) is 26.2 Å². The Labute approximate surface area is 86.3 Å². The first-order chi connectivity index (χ1) is 6.67. The molecule has 0 amide bonds. The van der Waals surface area contributed by atoms with Gasteiger partial charge in [-0.3, -0.25) is 4.90 Å². The van der Waals surface area contributed by atoms with Crippen molar-refractivity contribution in [2.45, 2.75) is 13.0 Å².